The van der Waals surface area contributed by atoms with Crippen molar-refractivity contribution in [3.8, 4) is 5.88 Å². The minimum atomic E-state index is -0.545. The van der Waals surface area contributed by atoms with Crippen molar-refractivity contribution in [3.63, 3.8) is 0 Å². The molecule has 1 amide bonds. The molecule has 1 aliphatic heterocycles. The average molecular weight is 250 g/mol. The van der Waals surface area contributed by atoms with Crippen molar-refractivity contribution in [2.75, 3.05) is 13.1 Å². The second kappa shape index (κ2) is 4.55. The van der Waals surface area contributed by atoms with Gasteiger partial charge in [0.25, 0.3) is 0 Å². The summed E-state index contributed by atoms with van der Waals surface area (Å²) in [7, 11) is 0. The van der Waals surface area contributed by atoms with Crippen molar-refractivity contribution in [3.05, 3.63) is 24.1 Å². The van der Waals surface area contributed by atoms with Crippen molar-refractivity contribution in [2.24, 2.45) is 5.92 Å². The van der Waals surface area contributed by atoms with Crippen LogP contribution in [-0.2, 0) is 4.79 Å². The average Bonchev–Trinajstić information content (AvgIpc) is 3.09. The summed E-state index contributed by atoms with van der Waals surface area (Å²) in [4.78, 5) is 17.4. The largest absolute Gasteiger partial charge is 0.472 e. The molecule has 0 bridgehead atoms. The van der Waals surface area contributed by atoms with Gasteiger partial charge in [-0.1, -0.05) is 6.07 Å². The summed E-state index contributed by atoms with van der Waals surface area (Å²) in [6.07, 6.45) is 2.76. The third-order valence-corrected chi connectivity index (χ3v) is 3.36. The van der Waals surface area contributed by atoms with Crippen molar-refractivity contribution < 1.29 is 13.9 Å². The number of carbonyl (C=O) groups is 1. The normalized spacial score (nSPS) is 23.2. The molecule has 4 nitrogen and oxygen atoms in total. The SMILES string of the molecule is O=C(C1CC1)N1CCC(Oc2cccc(F)n2)C1. The Kier molecular flexibility index (Phi) is 2.89. The maximum Gasteiger partial charge on any atom is 0.225 e. The number of nitrogens with zero attached hydrogens (tertiary/aromatic N) is 2. The first-order valence-electron chi connectivity index (χ1n) is 6.30. The summed E-state index contributed by atoms with van der Waals surface area (Å²) < 4.78 is 18.5. The maximum absolute atomic E-state index is 12.9. The molecular weight excluding hydrogens is 235 g/mol. The minimum absolute atomic E-state index is 0.0676. The van der Waals surface area contributed by atoms with Gasteiger partial charge in [0.05, 0.1) is 6.54 Å². The second-order valence-electron chi connectivity index (χ2n) is 4.89. The van der Waals surface area contributed by atoms with E-state index in [1.807, 2.05) is 4.90 Å². The Bertz CT molecular complexity index is 462. The van der Waals surface area contributed by atoms with E-state index in [4.69, 9.17) is 4.74 Å². The van der Waals surface area contributed by atoms with Gasteiger partial charge < -0.3 is 9.64 Å². The predicted octanol–water partition coefficient (Wildman–Crippen LogP) is 1.61. The number of amides is 1. The molecule has 1 unspecified atom stereocenters. The van der Waals surface area contributed by atoms with Crippen LogP contribution < -0.4 is 4.74 Å². The lowest BCUT2D eigenvalue weighted by molar-refractivity contribution is -0.131. The topological polar surface area (TPSA) is 42.4 Å². The van der Waals surface area contributed by atoms with Gasteiger partial charge in [0.15, 0.2) is 0 Å². The molecule has 0 aromatic carbocycles. The van der Waals surface area contributed by atoms with Crippen LogP contribution in [0.2, 0.25) is 0 Å². The van der Waals surface area contributed by atoms with Crippen LogP contribution >= 0.6 is 0 Å². The Labute approximate surface area is 105 Å². The van der Waals surface area contributed by atoms with E-state index in [1.54, 1.807) is 12.1 Å². The molecule has 0 radical (unpaired) electrons. The van der Waals surface area contributed by atoms with Crippen molar-refractivity contribution in [2.45, 2.75) is 25.4 Å². The first-order valence-corrected chi connectivity index (χ1v) is 6.30. The van der Waals surface area contributed by atoms with Gasteiger partial charge in [-0.25, -0.2) is 0 Å². The van der Waals surface area contributed by atoms with Crippen molar-refractivity contribution in [1.29, 1.82) is 0 Å². The fourth-order valence-corrected chi connectivity index (χ4v) is 2.24. The van der Waals surface area contributed by atoms with Gasteiger partial charge in [0.1, 0.15) is 6.10 Å². The van der Waals surface area contributed by atoms with Gasteiger partial charge in [-0.15, -0.1) is 0 Å². The van der Waals surface area contributed by atoms with Crippen LogP contribution in [0.25, 0.3) is 0 Å². The lowest BCUT2D eigenvalue weighted by Crippen LogP contribution is -2.32. The molecule has 1 saturated heterocycles. The van der Waals surface area contributed by atoms with Crippen LogP contribution in [0, 0.1) is 11.9 Å². The van der Waals surface area contributed by atoms with Crippen LogP contribution in [0.5, 0.6) is 5.88 Å². The molecule has 1 aromatic heterocycles. The van der Waals surface area contributed by atoms with E-state index in [0.717, 1.165) is 25.8 Å². The summed E-state index contributed by atoms with van der Waals surface area (Å²) in [5, 5.41) is 0. The zero-order valence-electron chi connectivity index (χ0n) is 10.0. The van der Waals surface area contributed by atoms with Crippen molar-refractivity contribution >= 4 is 5.91 Å². The molecule has 3 rings (SSSR count). The monoisotopic (exact) mass is 250 g/mol. The molecule has 96 valence electrons. The summed E-state index contributed by atoms with van der Waals surface area (Å²) in [5.41, 5.74) is 0. The number of aromatic nitrogens is 1. The summed E-state index contributed by atoms with van der Waals surface area (Å²) in [6.45, 7) is 1.32. The molecule has 1 aliphatic carbocycles. The molecule has 2 heterocycles. The predicted molar refractivity (Wildman–Crippen MR) is 62.5 cm³/mol. The Morgan fingerprint density at radius 1 is 1.39 bits per heavy atom. The number of ether oxygens (including phenoxy) is 1. The van der Waals surface area contributed by atoms with E-state index >= 15 is 0 Å². The Balaban J connectivity index is 1.57. The van der Waals surface area contributed by atoms with E-state index < -0.39 is 5.95 Å². The van der Waals surface area contributed by atoms with E-state index in [-0.39, 0.29) is 17.9 Å². The number of hydrogen-bond acceptors (Lipinski definition) is 3. The highest BCUT2D eigenvalue weighted by atomic mass is 19.1. The lowest BCUT2D eigenvalue weighted by atomic mass is 10.3. The quantitative estimate of drug-likeness (QED) is 0.765. The number of hydrogen-bond donors (Lipinski definition) is 0. The van der Waals surface area contributed by atoms with Gasteiger partial charge in [0, 0.05) is 24.9 Å². The Morgan fingerprint density at radius 2 is 2.22 bits per heavy atom. The van der Waals surface area contributed by atoms with E-state index in [9.17, 15) is 9.18 Å². The maximum atomic E-state index is 12.9. The fourth-order valence-electron chi connectivity index (χ4n) is 2.24. The van der Waals surface area contributed by atoms with Crippen LogP contribution in [-0.4, -0.2) is 35.0 Å². The molecule has 1 saturated carbocycles. The van der Waals surface area contributed by atoms with E-state index in [0.29, 0.717) is 12.4 Å². The number of carbonyl (C=O) groups excluding carboxylic acids is 1. The standard InChI is InChI=1S/C13H15FN2O2/c14-11-2-1-3-12(15-11)18-10-6-7-16(8-10)13(17)9-4-5-9/h1-3,9-10H,4-8H2. The van der Waals surface area contributed by atoms with Crippen LogP contribution in [0.4, 0.5) is 4.39 Å². The molecule has 0 spiro atoms. The smallest absolute Gasteiger partial charge is 0.225 e. The second-order valence-corrected chi connectivity index (χ2v) is 4.89. The molecular formula is C13H15FN2O2. The summed E-state index contributed by atoms with van der Waals surface area (Å²) in [6, 6.07) is 4.48. The van der Waals surface area contributed by atoms with Crippen LogP contribution in [0.1, 0.15) is 19.3 Å². The van der Waals surface area contributed by atoms with Crippen LogP contribution in [0.15, 0.2) is 18.2 Å². The third-order valence-electron chi connectivity index (χ3n) is 3.36. The number of likely N-dealkylation sites (tertiary alicyclic amines) is 1. The van der Waals surface area contributed by atoms with Gasteiger partial charge in [-0.05, 0) is 18.9 Å². The van der Waals surface area contributed by atoms with Crippen molar-refractivity contribution in [1.82, 2.24) is 9.88 Å². The van der Waals surface area contributed by atoms with Gasteiger partial charge in [0.2, 0.25) is 17.7 Å². The molecule has 1 aromatic rings. The van der Waals surface area contributed by atoms with E-state index in [2.05, 4.69) is 4.98 Å². The Morgan fingerprint density at radius 3 is 2.94 bits per heavy atom. The van der Waals surface area contributed by atoms with E-state index in [1.165, 1.54) is 6.07 Å². The first kappa shape index (κ1) is 11.4. The molecule has 0 N–H and O–H groups in total. The van der Waals surface area contributed by atoms with Gasteiger partial charge in [-0.2, -0.15) is 9.37 Å². The summed E-state index contributed by atoms with van der Waals surface area (Å²) in [5.74, 6) is 0.237. The molecule has 5 heteroatoms. The lowest BCUT2D eigenvalue weighted by Gasteiger charge is -2.16. The minimum Gasteiger partial charge on any atom is -0.472 e. The number of pyridine rings is 1. The highest BCUT2D eigenvalue weighted by Gasteiger charge is 2.37. The molecule has 2 aliphatic rings. The molecule has 18 heavy (non-hydrogen) atoms. The highest BCUT2D eigenvalue weighted by Crippen LogP contribution is 2.32. The fraction of sp³-hybridized carbons (Fsp3) is 0.538. The molecule has 2 fully saturated rings. The summed E-state index contributed by atoms with van der Waals surface area (Å²) >= 11 is 0. The third kappa shape index (κ3) is 2.44. The zero-order valence-corrected chi connectivity index (χ0v) is 10.0. The van der Waals surface area contributed by atoms with Gasteiger partial charge in [-0.3, -0.25) is 4.79 Å². The zero-order chi connectivity index (χ0) is 12.5. The Hall–Kier alpha value is -1.65. The molecule has 1 atom stereocenters. The number of halogens is 1. The number of rotatable bonds is 3. The van der Waals surface area contributed by atoms with Gasteiger partial charge >= 0.3 is 0 Å². The van der Waals surface area contributed by atoms with Crippen LogP contribution in [0.3, 0.4) is 0 Å². The first-order chi connectivity index (χ1) is 8.72. The highest BCUT2D eigenvalue weighted by molar-refractivity contribution is 5.81.